The number of carbonyl (C=O) groups is 1. The minimum atomic E-state index is -0.352. The van der Waals surface area contributed by atoms with Crippen LogP contribution in [0.2, 0.25) is 5.15 Å². The molecule has 0 aliphatic heterocycles. The number of pyridine rings is 2. The second kappa shape index (κ2) is 5.46. The van der Waals surface area contributed by atoms with Crippen LogP contribution in [0.1, 0.15) is 10.4 Å². The normalized spacial score (nSPS) is 9.89. The highest BCUT2D eigenvalue weighted by Crippen LogP contribution is 2.16. The minimum absolute atomic E-state index is 0.261. The molecule has 0 bridgehead atoms. The maximum atomic E-state index is 12.0. The van der Waals surface area contributed by atoms with Crippen LogP contribution in [0.4, 0.5) is 5.82 Å². The van der Waals surface area contributed by atoms with Crippen molar-refractivity contribution in [1.82, 2.24) is 9.97 Å². The number of ether oxygens (including phenoxy) is 1. The zero-order valence-corrected chi connectivity index (χ0v) is 10.3. The number of nitrogens with zero attached hydrogens (tertiary/aromatic N) is 2. The Kier molecular flexibility index (Phi) is 3.74. The molecule has 2 rings (SSSR count). The number of carbonyl (C=O) groups excluding carboxylic acids is 1. The summed E-state index contributed by atoms with van der Waals surface area (Å²) in [6, 6.07) is 8.24. The molecule has 0 aromatic carbocycles. The summed E-state index contributed by atoms with van der Waals surface area (Å²) in [5.74, 6) is 0.283. The summed E-state index contributed by atoms with van der Waals surface area (Å²) in [5.41, 5.74) is 0.335. The molecule has 0 aliphatic rings. The number of amides is 1. The maximum Gasteiger partial charge on any atom is 0.262 e. The Balaban J connectivity index is 2.22. The Morgan fingerprint density at radius 3 is 2.89 bits per heavy atom. The molecule has 92 valence electrons. The van der Waals surface area contributed by atoms with E-state index in [9.17, 15) is 4.79 Å². The largest absolute Gasteiger partial charge is 0.480 e. The van der Waals surface area contributed by atoms with E-state index in [0.29, 0.717) is 16.5 Å². The third-order valence-corrected chi connectivity index (χ3v) is 2.38. The third-order valence-electron chi connectivity index (χ3n) is 2.17. The first-order valence-corrected chi connectivity index (χ1v) is 5.51. The van der Waals surface area contributed by atoms with Gasteiger partial charge in [0.25, 0.3) is 5.91 Å². The van der Waals surface area contributed by atoms with Gasteiger partial charge in [0.1, 0.15) is 16.5 Å². The summed E-state index contributed by atoms with van der Waals surface area (Å²) >= 11 is 5.73. The monoisotopic (exact) mass is 263 g/mol. The Morgan fingerprint density at radius 1 is 1.33 bits per heavy atom. The summed E-state index contributed by atoms with van der Waals surface area (Å²) in [6.45, 7) is 0. The SMILES string of the molecule is COc1ncccc1C(=O)Nc1cccc(Cl)n1. The number of hydrogen-bond acceptors (Lipinski definition) is 4. The van der Waals surface area contributed by atoms with Crippen molar-refractivity contribution in [1.29, 1.82) is 0 Å². The van der Waals surface area contributed by atoms with E-state index in [-0.39, 0.29) is 11.8 Å². The molecule has 2 aromatic rings. The molecular formula is C12H10ClN3O2. The van der Waals surface area contributed by atoms with Crippen molar-refractivity contribution in [3.8, 4) is 5.88 Å². The number of nitrogens with one attached hydrogen (secondary N) is 1. The molecule has 0 saturated heterocycles. The molecule has 1 amide bonds. The lowest BCUT2D eigenvalue weighted by Crippen LogP contribution is -2.14. The molecule has 0 unspecified atom stereocenters. The number of anilines is 1. The van der Waals surface area contributed by atoms with Crippen LogP contribution in [0.3, 0.4) is 0 Å². The summed E-state index contributed by atoms with van der Waals surface area (Å²) in [7, 11) is 1.46. The molecule has 0 atom stereocenters. The average molecular weight is 264 g/mol. The van der Waals surface area contributed by atoms with Crippen LogP contribution in [0.5, 0.6) is 5.88 Å². The van der Waals surface area contributed by atoms with Crippen LogP contribution < -0.4 is 10.1 Å². The van der Waals surface area contributed by atoms with Gasteiger partial charge in [0.05, 0.1) is 7.11 Å². The van der Waals surface area contributed by atoms with Crippen molar-refractivity contribution in [2.24, 2.45) is 0 Å². The molecule has 2 heterocycles. The molecule has 0 saturated carbocycles. The van der Waals surface area contributed by atoms with Crippen molar-refractivity contribution in [2.75, 3.05) is 12.4 Å². The van der Waals surface area contributed by atoms with Crippen molar-refractivity contribution < 1.29 is 9.53 Å². The van der Waals surface area contributed by atoms with E-state index in [1.54, 1.807) is 36.5 Å². The van der Waals surface area contributed by atoms with E-state index in [1.165, 1.54) is 7.11 Å². The number of hydrogen-bond donors (Lipinski definition) is 1. The summed E-state index contributed by atoms with van der Waals surface area (Å²) in [5, 5.41) is 2.93. The maximum absolute atomic E-state index is 12.0. The van der Waals surface area contributed by atoms with Crippen molar-refractivity contribution >= 4 is 23.3 Å². The second-order valence-corrected chi connectivity index (χ2v) is 3.75. The Morgan fingerprint density at radius 2 is 2.17 bits per heavy atom. The van der Waals surface area contributed by atoms with Gasteiger partial charge in [-0.15, -0.1) is 0 Å². The summed E-state index contributed by atoms with van der Waals surface area (Å²) < 4.78 is 5.01. The number of rotatable bonds is 3. The topological polar surface area (TPSA) is 64.1 Å². The lowest BCUT2D eigenvalue weighted by Gasteiger charge is -2.07. The average Bonchev–Trinajstić information content (AvgIpc) is 2.38. The molecule has 6 heteroatoms. The molecule has 0 fully saturated rings. The number of aromatic nitrogens is 2. The lowest BCUT2D eigenvalue weighted by atomic mass is 10.2. The van der Waals surface area contributed by atoms with Gasteiger partial charge in [0, 0.05) is 6.20 Å². The Bertz CT molecular complexity index is 575. The first-order chi connectivity index (χ1) is 8.70. The van der Waals surface area contributed by atoms with Gasteiger partial charge < -0.3 is 10.1 Å². The van der Waals surface area contributed by atoms with Crippen molar-refractivity contribution in [3.05, 3.63) is 47.2 Å². The highest BCUT2D eigenvalue weighted by atomic mass is 35.5. The fourth-order valence-corrected chi connectivity index (χ4v) is 1.55. The number of methoxy groups -OCH3 is 1. The summed E-state index contributed by atoms with van der Waals surface area (Å²) in [6.07, 6.45) is 1.55. The van der Waals surface area contributed by atoms with Gasteiger partial charge in [0.2, 0.25) is 5.88 Å². The first-order valence-electron chi connectivity index (χ1n) is 5.13. The Hall–Kier alpha value is -2.14. The van der Waals surface area contributed by atoms with Crippen LogP contribution in [-0.4, -0.2) is 23.0 Å². The quantitative estimate of drug-likeness (QED) is 0.864. The van der Waals surface area contributed by atoms with E-state index >= 15 is 0 Å². The molecule has 0 radical (unpaired) electrons. The van der Waals surface area contributed by atoms with Gasteiger partial charge in [-0.1, -0.05) is 17.7 Å². The second-order valence-electron chi connectivity index (χ2n) is 3.36. The molecule has 1 N–H and O–H groups in total. The zero-order chi connectivity index (χ0) is 13.0. The number of halogens is 1. The first kappa shape index (κ1) is 12.3. The highest BCUT2D eigenvalue weighted by molar-refractivity contribution is 6.29. The minimum Gasteiger partial charge on any atom is -0.480 e. The summed E-state index contributed by atoms with van der Waals surface area (Å²) in [4.78, 5) is 19.9. The van der Waals surface area contributed by atoms with Gasteiger partial charge in [-0.2, -0.15) is 0 Å². The van der Waals surface area contributed by atoms with Crippen LogP contribution in [-0.2, 0) is 0 Å². The smallest absolute Gasteiger partial charge is 0.262 e. The molecule has 2 aromatic heterocycles. The molecule has 0 aliphatic carbocycles. The van der Waals surface area contributed by atoms with E-state index in [2.05, 4.69) is 15.3 Å². The fraction of sp³-hybridized carbons (Fsp3) is 0.0833. The van der Waals surface area contributed by atoms with Gasteiger partial charge in [-0.3, -0.25) is 4.79 Å². The van der Waals surface area contributed by atoms with Crippen molar-refractivity contribution in [3.63, 3.8) is 0 Å². The Labute approximate surface area is 109 Å². The van der Waals surface area contributed by atoms with E-state index in [4.69, 9.17) is 16.3 Å². The van der Waals surface area contributed by atoms with Crippen LogP contribution in [0, 0.1) is 0 Å². The molecule has 0 spiro atoms. The fourth-order valence-electron chi connectivity index (χ4n) is 1.39. The standard InChI is InChI=1S/C12H10ClN3O2/c1-18-12-8(4-3-7-14-12)11(17)16-10-6-2-5-9(13)15-10/h2-7H,1H3,(H,15,16,17). The zero-order valence-electron chi connectivity index (χ0n) is 9.55. The van der Waals surface area contributed by atoms with E-state index < -0.39 is 0 Å². The van der Waals surface area contributed by atoms with Gasteiger partial charge >= 0.3 is 0 Å². The predicted octanol–water partition coefficient (Wildman–Crippen LogP) is 2.39. The van der Waals surface area contributed by atoms with Crippen LogP contribution in [0.25, 0.3) is 0 Å². The van der Waals surface area contributed by atoms with E-state index in [1.807, 2.05) is 0 Å². The van der Waals surface area contributed by atoms with Crippen LogP contribution in [0.15, 0.2) is 36.5 Å². The van der Waals surface area contributed by atoms with Gasteiger partial charge in [0.15, 0.2) is 0 Å². The lowest BCUT2D eigenvalue weighted by molar-refractivity contribution is 0.102. The van der Waals surface area contributed by atoms with Crippen molar-refractivity contribution in [2.45, 2.75) is 0 Å². The van der Waals surface area contributed by atoms with Crippen LogP contribution >= 0.6 is 11.6 Å². The van der Waals surface area contributed by atoms with E-state index in [0.717, 1.165) is 0 Å². The predicted molar refractivity (Wildman–Crippen MR) is 68.0 cm³/mol. The molecular weight excluding hydrogens is 254 g/mol. The van der Waals surface area contributed by atoms with Gasteiger partial charge in [-0.25, -0.2) is 9.97 Å². The highest BCUT2D eigenvalue weighted by Gasteiger charge is 2.13. The molecule has 5 nitrogen and oxygen atoms in total. The van der Waals surface area contributed by atoms with Gasteiger partial charge in [-0.05, 0) is 24.3 Å². The third kappa shape index (κ3) is 2.75. The molecule has 18 heavy (non-hydrogen) atoms.